The van der Waals surface area contributed by atoms with Crippen molar-refractivity contribution in [3.05, 3.63) is 93.0 Å². The zero-order valence-corrected chi connectivity index (χ0v) is 21.8. The van der Waals surface area contributed by atoms with Gasteiger partial charge in [-0.25, -0.2) is 9.51 Å². The molecule has 2 aliphatic heterocycles. The summed E-state index contributed by atoms with van der Waals surface area (Å²) in [6.07, 6.45) is 2.92. The van der Waals surface area contributed by atoms with E-state index < -0.39 is 0 Å². The van der Waals surface area contributed by atoms with Crippen molar-refractivity contribution in [1.29, 1.82) is 0 Å². The molecule has 4 aromatic rings. The van der Waals surface area contributed by atoms with Gasteiger partial charge in [-0.1, -0.05) is 36.4 Å². The van der Waals surface area contributed by atoms with E-state index >= 15 is 0 Å². The van der Waals surface area contributed by atoms with E-state index in [1.807, 2.05) is 46.3 Å². The molecular weight excluding hydrogens is 462 g/mol. The molecule has 0 aliphatic carbocycles. The lowest BCUT2D eigenvalue weighted by Gasteiger charge is -2.28. The van der Waals surface area contributed by atoms with Crippen LogP contribution in [0.2, 0.25) is 0 Å². The molecule has 6 rings (SSSR count). The van der Waals surface area contributed by atoms with E-state index in [9.17, 15) is 4.79 Å². The van der Waals surface area contributed by atoms with Crippen LogP contribution in [0.3, 0.4) is 0 Å². The second kappa shape index (κ2) is 9.63. The molecule has 2 aliphatic rings. The van der Waals surface area contributed by atoms with E-state index in [4.69, 9.17) is 14.8 Å². The third kappa shape index (κ3) is 4.37. The minimum Gasteiger partial charge on any atom is -0.381 e. The molecule has 2 aromatic carbocycles. The Morgan fingerprint density at radius 3 is 2.73 bits per heavy atom. The zero-order chi connectivity index (χ0) is 25.5. The van der Waals surface area contributed by atoms with Gasteiger partial charge in [0, 0.05) is 37.7 Å². The Bertz CT molecular complexity index is 1600. The second-order valence-electron chi connectivity index (χ2n) is 10.4. The quantitative estimate of drug-likeness (QED) is 0.415. The highest BCUT2D eigenvalue weighted by molar-refractivity contribution is 6.00. The number of benzene rings is 2. The Morgan fingerprint density at radius 1 is 1.08 bits per heavy atom. The summed E-state index contributed by atoms with van der Waals surface area (Å²) in [6, 6.07) is 18.3. The van der Waals surface area contributed by atoms with Gasteiger partial charge in [0.05, 0.1) is 35.4 Å². The molecule has 0 amide bonds. The lowest BCUT2D eigenvalue weighted by molar-refractivity contribution is 0.181. The monoisotopic (exact) mass is 495 g/mol. The number of aliphatic imine (C=N–C) groups is 1. The van der Waals surface area contributed by atoms with Crippen LogP contribution in [0.1, 0.15) is 36.6 Å². The molecule has 0 radical (unpaired) electrons. The second-order valence-corrected chi connectivity index (χ2v) is 10.4. The standard InChI is InChI=1S/C30H33N5O2/c1-20-12-13-23-8-4-5-9-24(23)29(33(3)17-22-14-15-37-19-22)31-26(20)18-34-28-16-21(2)32-35(28)27-11-7-6-10-25(27)30(34)36/h4-11,16,22H,12-15,17-19H2,1-3H3/b26-20+,31-29?. The predicted octanol–water partition coefficient (Wildman–Crippen LogP) is 4.59. The maximum Gasteiger partial charge on any atom is 0.262 e. The number of allylic oxidation sites excluding steroid dienone is 2. The molecule has 1 fully saturated rings. The molecular formula is C30H33N5O2. The van der Waals surface area contributed by atoms with Crippen molar-refractivity contribution >= 4 is 22.4 Å². The summed E-state index contributed by atoms with van der Waals surface area (Å²) in [5, 5.41) is 5.37. The smallest absolute Gasteiger partial charge is 0.262 e. The van der Waals surface area contributed by atoms with E-state index in [1.165, 1.54) is 16.7 Å². The highest BCUT2D eigenvalue weighted by atomic mass is 16.5. The lowest BCUT2D eigenvalue weighted by atomic mass is 9.96. The van der Waals surface area contributed by atoms with Crippen LogP contribution in [0.15, 0.2) is 75.7 Å². The summed E-state index contributed by atoms with van der Waals surface area (Å²) in [5.74, 6) is 1.46. The molecule has 4 heterocycles. The van der Waals surface area contributed by atoms with Gasteiger partial charge in [0.25, 0.3) is 5.56 Å². The minimum absolute atomic E-state index is 0.0148. The Hall–Kier alpha value is -3.71. The van der Waals surface area contributed by atoms with Crippen molar-refractivity contribution in [2.45, 2.75) is 39.7 Å². The predicted molar refractivity (Wildman–Crippen MR) is 147 cm³/mol. The highest BCUT2D eigenvalue weighted by Crippen LogP contribution is 2.26. The number of hydrogen-bond donors (Lipinski definition) is 0. The molecule has 0 bridgehead atoms. The normalized spacial score (nSPS) is 20.1. The summed E-state index contributed by atoms with van der Waals surface area (Å²) in [5.41, 5.74) is 7.11. The number of ether oxygens (including phenoxy) is 1. The Balaban J connectivity index is 1.49. The van der Waals surface area contributed by atoms with Crippen molar-refractivity contribution in [3.8, 4) is 0 Å². The van der Waals surface area contributed by atoms with Crippen LogP contribution in [0, 0.1) is 12.8 Å². The molecule has 1 unspecified atom stereocenters. The van der Waals surface area contributed by atoms with Crippen molar-refractivity contribution in [1.82, 2.24) is 19.1 Å². The molecule has 0 N–H and O–H groups in total. The van der Waals surface area contributed by atoms with Gasteiger partial charge in [-0.2, -0.15) is 5.10 Å². The number of fused-ring (bicyclic) bond motifs is 4. The highest BCUT2D eigenvalue weighted by Gasteiger charge is 2.24. The van der Waals surface area contributed by atoms with Crippen molar-refractivity contribution in [2.24, 2.45) is 10.9 Å². The van der Waals surface area contributed by atoms with Crippen molar-refractivity contribution < 1.29 is 4.74 Å². The van der Waals surface area contributed by atoms with E-state index in [1.54, 1.807) is 0 Å². The zero-order valence-electron chi connectivity index (χ0n) is 21.8. The third-order valence-corrected chi connectivity index (χ3v) is 7.68. The largest absolute Gasteiger partial charge is 0.381 e. The van der Waals surface area contributed by atoms with Gasteiger partial charge < -0.3 is 9.64 Å². The first kappa shape index (κ1) is 23.7. The summed E-state index contributed by atoms with van der Waals surface area (Å²) >= 11 is 0. The van der Waals surface area contributed by atoms with Gasteiger partial charge in [-0.15, -0.1) is 0 Å². The molecule has 2 aromatic heterocycles. The van der Waals surface area contributed by atoms with E-state index in [0.29, 0.717) is 17.8 Å². The average Bonchev–Trinajstić information content (AvgIpc) is 3.55. The summed E-state index contributed by atoms with van der Waals surface area (Å²) in [4.78, 5) is 21.4. The fourth-order valence-electron chi connectivity index (χ4n) is 5.62. The number of aromatic nitrogens is 3. The first-order valence-electron chi connectivity index (χ1n) is 13.1. The molecule has 1 atom stereocenters. The van der Waals surface area contributed by atoms with Crippen LogP contribution >= 0.6 is 0 Å². The molecule has 37 heavy (non-hydrogen) atoms. The molecule has 190 valence electrons. The first-order chi connectivity index (χ1) is 18.0. The number of hydrogen-bond acceptors (Lipinski definition) is 5. The summed E-state index contributed by atoms with van der Waals surface area (Å²) in [6.45, 7) is 7.03. The fraction of sp³-hybridized carbons (Fsp3) is 0.367. The summed E-state index contributed by atoms with van der Waals surface area (Å²) < 4.78 is 9.37. The van der Waals surface area contributed by atoms with Gasteiger partial charge in [-0.3, -0.25) is 9.36 Å². The van der Waals surface area contributed by atoms with E-state index in [2.05, 4.69) is 43.1 Å². The molecule has 7 heteroatoms. The molecule has 0 spiro atoms. The molecule has 7 nitrogen and oxygen atoms in total. The number of rotatable bonds is 4. The molecule has 0 saturated carbocycles. The number of nitrogens with zero attached hydrogens (tertiary/aromatic N) is 5. The van der Waals surface area contributed by atoms with Crippen molar-refractivity contribution in [2.75, 3.05) is 26.8 Å². The lowest BCUT2D eigenvalue weighted by Crippen LogP contribution is -2.34. The van der Waals surface area contributed by atoms with Crippen LogP contribution in [0.4, 0.5) is 0 Å². The summed E-state index contributed by atoms with van der Waals surface area (Å²) in [7, 11) is 2.13. The van der Waals surface area contributed by atoms with E-state index in [-0.39, 0.29) is 5.56 Å². The van der Waals surface area contributed by atoms with Crippen LogP contribution in [-0.4, -0.2) is 51.7 Å². The van der Waals surface area contributed by atoms with Gasteiger partial charge >= 0.3 is 0 Å². The van der Waals surface area contributed by atoms with Gasteiger partial charge in [0.1, 0.15) is 11.5 Å². The average molecular weight is 496 g/mol. The Morgan fingerprint density at radius 2 is 1.89 bits per heavy atom. The van der Waals surface area contributed by atoms with Gasteiger partial charge in [0.15, 0.2) is 0 Å². The third-order valence-electron chi connectivity index (χ3n) is 7.68. The minimum atomic E-state index is -0.0148. The van der Waals surface area contributed by atoms with Gasteiger partial charge in [-0.05, 0) is 56.4 Å². The Kier molecular flexibility index (Phi) is 6.16. The number of para-hydroxylation sites is 1. The SMILES string of the molecule is C/C1=C(/Cn2c(=O)c3ccccc3n3nc(C)cc23)N=C(N(C)CC2CCOC2)c2ccccc2CC1. The fourth-order valence-corrected chi connectivity index (χ4v) is 5.62. The number of aryl methyl sites for hydroxylation is 2. The number of amidine groups is 1. The van der Waals surface area contributed by atoms with Crippen LogP contribution in [0.5, 0.6) is 0 Å². The van der Waals surface area contributed by atoms with Gasteiger partial charge in [0.2, 0.25) is 0 Å². The topological polar surface area (TPSA) is 64.1 Å². The van der Waals surface area contributed by atoms with Crippen LogP contribution < -0.4 is 5.56 Å². The van der Waals surface area contributed by atoms with E-state index in [0.717, 1.165) is 67.4 Å². The van der Waals surface area contributed by atoms with Crippen molar-refractivity contribution in [3.63, 3.8) is 0 Å². The maximum atomic E-state index is 13.8. The van der Waals surface area contributed by atoms with Crippen LogP contribution in [0.25, 0.3) is 16.6 Å². The first-order valence-corrected chi connectivity index (χ1v) is 13.1. The maximum absolute atomic E-state index is 13.8. The van der Waals surface area contributed by atoms with Crippen LogP contribution in [-0.2, 0) is 17.7 Å². The Labute approximate surface area is 216 Å². The molecule has 1 saturated heterocycles.